The predicted octanol–water partition coefficient (Wildman–Crippen LogP) is 5.12. The van der Waals surface area contributed by atoms with E-state index in [9.17, 15) is 26.7 Å². The Morgan fingerprint density at radius 3 is 2.18 bits per heavy atom. The van der Waals surface area contributed by atoms with Gasteiger partial charge < -0.3 is 15.1 Å². The van der Waals surface area contributed by atoms with Gasteiger partial charge in [-0.3, -0.25) is 9.53 Å². The van der Waals surface area contributed by atoms with Crippen molar-refractivity contribution in [2.45, 2.75) is 39.5 Å². The molecule has 0 unspecified atom stereocenters. The average molecular weight is 489 g/mol. The number of ether oxygens (including phenoxy) is 1. The maximum atomic E-state index is 13.5. The first kappa shape index (κ1) is 27.3. The fourth-order valence-corrected chi connectivity index (χ4v) is 3.27. The number of allylic oxidation sites excluding steroid dienone is 2. The van der Waals surface area contributed by atoms with Gasteiger partial charge in [0.25, 0.3) is 5.92 Å². The first-order valence-corrected chi connectivity index (χ1v) is 10.8. The summed E-state index contributed by atoms with van der Waals surface area (Å²) < 4.78 is 67.3. The molecule has 34 heavy (non-hydrogen) atoms. The third-order valence-corrected chi connectivity index (χ3v) is 4.96. The topological polar surface area (TPSA) is 57.2 Å². The van der Waals surface area contributed by atoms with Crippen LogP contribution in [-0.4, -0.2) is 60.7 Å². The Bertz CT molecular complexity index is 897. The summed E-state index contributed by atoms with van der Waals surface area (Å²) in [4.78, 5) is 19.8. The van der Waals surface area contributed by atoms with Crippen molar-refractivity contribution in [2.75, 3.05) is 38.1 Å². The highest BCUT2D eigenvalue weighted by atomic mass is 19.4. The van der Waals surface area contributed by atoms with Gasteiger partial charge >= 0.3 is 6.36 Å². The Morgan fingerprint density at radius 1 is 1.09 bits per heavy atom. The van der Waals surface area contributed by atoms with E-state index in [1.807, 2.05) is 17.9 Å². The van der Waals surface area contributed by atoms with Gasteiger partial charge in [-0.15, -0.1) is 13.2 Å². The van der Waals surface area contributed by atoms with E-state index in [-0.39, 0.29) is 18.7 Å². The first-order valence-electron chi connectivity index (χ1n) is 10.8. The van der Waals surface area contributed by atoms with Crippen LogP contribution in [0.25, 0.3) is 0 Å². The molecule has 1 saturated heterocycles. The second-order valence-electron chi connectivity index (χ2n) is 7.65. The van der Waals surface area contributed by atoms with Crippen LogP contribution >= 0.6 is 0 Å². The molecule has 1 heterocycles. The van der Waals surface area contributed by atoms with Crippen molar-refractivity contribution < 1.29 is 31.5 Å². The quantitative estimate of drug-likeness (QED) is 0.314. The fraction of sp³-hybridized carbons (Fsp3) is 0.478. The third kappa shape index (κ3) is 8.44. The van der Waals surface area contributed by atoms with E-state index in [1.165, 1.54) is 17.0 Å². The molecule has 1 aromatic rings. The molecule has 1 aliphatic heterocycles. The number of amidine groups is 1. The normalized spacial score (nSPS) is 16.4. The molecule has 1 N–H and O–H groups in total. The zero-order valence-electron chi connectivity index (χ0n) is 19.3. The van der Waals surface area contributed by atoms with Crippen LogP contribution in [0.5, 0.6) is 0 Å². The van der Waals surface area contributed by atoms with Crippen LogP contribution in [0.4, 0.5) is 27.6 Å². The third-order valence-electron chi connectivity index (χ3n) is 4.96. The minimum Gasteiger partial charge on any atom is -0.353 e. The van der Waals surface area contributed by atoms with Gasteiger partial charge in [0.2, 0.25) is 5.91 Å². The van der Waals surface area contributed by atoms with Crippen molar-refractivity contribution in [1.29, 1.82) is 0 Å². The molecule has 11 heteroatoms. The Balaban J connectivity index is 2.14. The number of aliphatic imine (C=N–C) groups is 1. The fourth-order valence-electron chi connectivity index (χ4n) is 3.27. The van der Waals surface area contributed by atoms with Crippen molar-refractivity contribution in [3.05, 3.63) is 53.9 Å². The van der Waals surface area contributed by atoms with Crippen molar-refractivity contribution >= 4 is 17.4 Å². The molecule has 2 rings (SSSR count). The second kappa shape index (κ2) is 12.0. The van der Waals surface area contributed by atoms with Crippen LogP contribution in [-0.2, 0) is 15.5 Å². The summed E-state index contributed by atoms with van der Waals surface area (Å²) in [6.45, 7) is 4.61. The molecule has 1 amide bonds. The summed E-state index contributed by atoms with van der Waals surface area (Å²) in [6.07, 6.45) is 1.06. The predicted molar refractivity (Wildman–Crippen MR) is 120 cm³/mol. The molecular formula is C23H29F5N4O2. The average Bonchev–Trinajstić information content (AvgIpc) is 2.77. The zero-order valence-corrected chi connectivity index (χ0v) is 19.3. The van der Waals surface area contributed by atoms with Crippen LogP contribution in [0.15, 0.2) is 53.3 Å². The first-order chi connectivity index (χ1) is 15.9. The monoisotopic (exact) mass is 488 g/mol. The van der Waals surface area contributed by atoms with Crippen molar-refractivity contribution in [3.8, 4) is 0 Å². The number of benzene rings is 1. The number of carbonyl (C=O) groups is 1. The number of nitrogens with one attached hydrogen (secondary N) is 1. The lowest BCUT2D eigenvalue weighted by Crippen LogP contribution is -2.52. The van der Waals surface area contributed by atoms with Crippen LogP contribution in [0.3, 0.4) is 0 Å². The highest BCUT2D eigenvalue weighted by Gasteiger charge is 2.32. The minimum atomic E-state index is -4.86. The van der Waals surface area contributed by atoms with Crippen molar-refractivity contribution in [3.63, 3.8) is 0 Å². The van der Waals surface area contributed by atoms with Crippen LogP contribution in [0.2, 0.25) is 0 Å². The van der Waals surface area contributed by atoms with E-state index >= 15 is 0 Å². The maximum Gasteiger partial charge on any atom is 0.523 e. The number of hydrogen-bond acceptors (Lipinski definition) is 4. The standard InChI is InChI=1S/C23H29F5N4O2/c1-4-6-19(30-18-9-7-17(8-10-18)22(3,24)25)21(29-11-5-2)32-14-12-31(13-15-32)20(33)16-34-23(26,27)28/h5-11,30H,4,12-16H2,1-3H3/b11-5-,19-6-,29-21-. The molecule has 0 aliphatic carbocycles. The van der Waals surface area contributed by atoms with Crippen LogP contribution in [0.1, 0.15) is 32.8 Å². The van der Waals surface area contributed by atoms with Crippen molar-refractivity contribution in [2.24, 2.45) is 4.99 Å². The SMILES string of the molecule is C\C=C/N=C(/C(=C/CC)Nc1ccc(C(C)(F)F)cc1)N1CCN(C(=O)COC(F)(F)F)CC1. The number of amides is 1. The van der Waals surface area contributed by atoms with Crippen molar-refractivity contribution in [1.82, 2.24) is 9.80 Å². The molecule has 1 aliphatic rings. The Kier molecular flexibility index (Phi) is 9.60. The molecule has 1 aromatic carbocycles. The summed E-state index contributed by atoms with van der Waals surface area (Å²) in [5, 5.41) is 3.22. The summed E-state index contributed by atoms with van der Waals surface area (Å²) in [7, 11) is 0. The van der Waals surface area contributed by atoms with Gasteiger partial charge in [0.05, 0.1) is 5.70 Å². The summed E-state index contributed by atoms with van der Waals surface area (Å²) in [5.41, 5.74) is 1.15. The molecule has 188 valence electrons. The molecular weight excluding hydrogens is 459 g/mol. The van der Waals surface area contributed by atoms with E-state index < -0.39 is 24.8 Å². The van der Waals surface area contributed by atoms with Crippen LogP contribution in [0, 0.1) is 0 Å². The molecule has 0 radical (unpaired) electrons. The van der Waals surface area contributed by atoms with E-state index in [0.29, 0.717) is 36.7 Å². The van der Waals surface area contributed by atoms with E-state index in [2.05, 4.69) is 15.0 Å². The highest BCUT2D eigenvalue weighted by molar-refractivity contribution is 6.01. The number of nitrogens with zero attached hydrogens (tertiary/aromatic N) is 3. The number of piperazine rings is 1. The number of anilines is 1. The van der Waals surface area contributed by atoms with E-state index in [0.717, 1.165) is 6.92 Å². The number of carbonyl (C=O) groups excluding carboxylic acids is 1. The van der Waals surface area contributed by atoms with Crippen LogP contribution < -0.4 is 5.32 Å². The smallest absolute Gasteiger partial charge is 0.353 e. The molecule has 0 saturated carbocycles. The maximum absolute atomic E-state index is 13.5. The number of rotatable bonds is 8. The lowest BCUT2D eigenvalue weighted by molar-refractivity contribution is -0.321. The largest absolute Gasteiger partial charge is 0.523 e. The minimum absolute atomic E-state index is 0.0998. The van der Waals surface area contributed by atoms with Gasteiger partial charge in [0.15, 0.2) is 5.84 Å². The van der Waals surface area contributed by atoms with E-state index in [4.69, 9.17) is 0 Å². The number of hydrogen-bond donors (Lipinski definition) is 1. The Hall–Kier alpha value is -2.95. The van der Waals surface area contributed by atoms with Gasteiger partial charge in [0, 0.05) is 50.6 Å². The zero-order chi connectivity index (χ0) is 25.4. The highest BCUT2D eigenvalue weighted by Crippen LogP contribution is 2.28. The molecule has 0 aromatic heterocycles. The Morgan fingerprint density at radius 2 is 1.68 bits per heavy atom. The number of halogens is 5. The summed E-state index contributed by atoms with van der Waals surface area (Å²) in [5.74, 6) is -3.11. The molecule has 0 atom stereocenters. The lowest BCUT2D eigenvalue weighted by Gasteiger charge is -2.37. The molecule has 0 bridgehead atoms. The van der Waals surface area contributed by atoms with Gasteiger partial charge in [-0.25, -0.2) is 13.8 Å². The lowest BCUT2D eigenvalue weighted by atomic mass is 10.1. The van der Waals surface area contributed by atoms with E-state index in [1.54, 1.807) is 31.3 Å². The molecule has 0 spiro atoms. The second-order valence-corrected chi connectivity index (χ2v) is 7.65. The van der Waals surface area contributed by atoms with Gasteiger partial charge in [-0.05, 0) is 25.5 Å². The molecule has 6 nitrogen and oxygen atoms in total. The Labute approximate surface area is 195 Å². The van der Waals surface area contributed by atoms with Gasteiger partial charge in [-0.1, -0.05) is 31.2 Å². The summed E-state index contributed by atoms with van der Waals surface area (Å²) in [6, 6.07) is 5.81. The molecule has 1 fully saturated rings. The van der Waals surface area contributed by atoms with Gasteiger partial charge in [0.1, 0.15) is 6.61 Å². The number of alkyl halides is 5. The summed E-state index contributed by atoms with van der Waals surface area (Å²) >= 11 is 0. The van der Waals surface area contributed by atoms with Gasteiger partial charge in [-0.2, -0.15) is 0 Å².